The zero-order chi connectivity index (χ0) is 21.0. The van der Waals surface area contributed by atoms with Gasteiger partial charge < -0.3 is 10.4 Å². The summed E-state index contributed by atoms with van der Waals surface area (Å²) in [5.41, 5.74) is 0.288. The van der Waals surface area contributed by atoms with Gasteiger partial charge in [-0.3, -0.25) is 15.1 Å². The van der Waals surface area contributed by atoms with Crippen LogP contribution >= 0.6 is 0 Å². The highest BCUT2D eigenvalue weighted by atomic mass is 32.2. The number of aromatic nitrogens is 1. The van der Waals surface area contributed by atoms with Crippen LogP contribution in [0.25, 0.3) is 0 Å². The summed E-state index contributed by atoms with van der Waals surface area (Å²) in [6.45, 7) is 0. The van der Waals surface area contributed by atoms with Crippen LogP contribution in [0.3, 0.4) is 0 Å². The molecule has 0 aliphatic carbocycles. The maximum atomic E-state index is 12.7. The van der Waals surface area contributed by atoms with Crippen molar-refractivity contribution in [1.29, 1.82) is 0 Å². The van der Waals surface area contributed by atoms with Crippen molar-refractivity contribution < 1.29 is 23.2 Å². The summed E-state index contributed by atoms with van der Waals surface area (Å²) < 4.78 is 25.3. The lowest BCUT2D eigenvalue weighted by molar-refractivity contribution is -0.384. The summed E-state index contributed by atoms with van der Waals surface area (Å²) in [6, 6.07) is 15.0. The Morgan fingerprint density at radius 3 is 2.34 bits per heavy atom. The first-order valence-corrected chi connectivity index (χ1v) is 9.77. The van der Waals surface area contributed by atoms with Crippen LogP contribution in [0.15, 0.2) is 82.7 Å². The number of hydrogen-bond acceptors (Lipinski definition) is 6. The van der Waals surface area contributed by atoms with E-state index in [-0.39, 0.29) is 21.2 Å². The van der Waals surface area contributed by atoms with Gasteiger partial charge >= 0.3 is 6.09 Å². The molecule has 1 heterocycles. The van der Waals surface area contributed by atoms with Gasteiger partial charge in [0.1, 0.15) is 6.04 Å². The number of sulfone groups is 1. The zero-order valence-electron chi connectivity index (χ0n) is 14.8. The number of non-ortho nitro benzene ring substituents is 1. The van der Waals surface area contributed by atoms with E-state index in [1.54, 1.807) is 18.2 Å². The first kappa shape index (κ1) is 20.0. The second-order valence-electron chi connectivity index (χ2n) is 5.97. The van der Waals surface area contributed by atoms with Crippen molar-refractivity contribution in [3.63, 3.8) is 0 Å². The van der Waals surface area contributed by atoms with E-state index in [9.17, 15) is 23.3 Å². The van der Waals surface area contributed by atoms with Crippen molar-refractivity contribution in [2.24, 2.45) is 0 Å². The minimum absolute atomic E-state index is 0.0550. The molecule has 2 N–H and O–H groups in total. The SMILES string of the molecule is O=C(O)NC(c1cccc([N+](=O)[O-])c1)c1ccc(S(=O)(=O)c2ccccc2)cn1. The molecule has 3 aromatic rings. The van der Waals surface area contributed by atoms with Crippen LogP contribution in [0.4, 0.5) is 10.5 Å². The minimum atomic E-state index is -3.78. The largest absolute Gasteiger partial charge is 0.465 e. The number of nitro benzene ring substituents is 1. The lowest BCUT2D eigenvalue weighted by atomic mass is 10.0. The Labute approximate surface area is 165 Å². The Bertz CT molecular complexity index is 1150. The average Bonchev–Trinajstić information content (AvgIpc) is 2.72. The summed E-state index contributed by atoms with van der Waals surface area (Å²) in [6.07, 6.45) is -0.227. The quantitative estimate of drug-likeness (QED) is 0.467. The highest BCUT2D eigenvalue weighted by Gasteiger charge is 2.22. The topological polar surface area (TPSA) is 140 Å². The third-order valence-corrected chi connectivity index (χ3v) is 5.86. The number of benzene rings is 2. The van der Waals surface area contributed by atoms with E-state index in [1.165, 1.54) is 48.5 Å². The molecular weight excluding hydrogens is 398 g/mol. The van der Waals surface area contributed by atoms with Crippen LogP contribution in [-0.4, -0.2) is 29.5 Å². The normalized spacial score (nSPS) is 12.1. The van der Waals surface area contributed by atoms with Gasteiger partial charge in [0, 0.05) is 18.3 Å². The maximum absolute atomic E-state index is 12.7. The van der Waals surface area contributed by atoms with Crippen molar-refractivity contribution in [1.82, 2.24) is 10.3 Å². The van der Waals surface area contributed by atoms with Crippen molar-refractivity contribution >= 4 is 21.6 Å². The van der Waals surface area contributed by atoms with E-state index in [2.05, 4.69) is 10.3 Å². The Kier molecular flexibility index (Phi) is 5.55. The summed E-state index contributed by atoms with van der Waals surface area (Å²) in [4.78, 5) is 25.8. The highest BCUT2D eigenvalue weighted by molar-refractivity contribution is 7.91. The molecule has 0 radical (unpaired) electrons. The van der Waals surface area contributed by atoms with Gasteiger partial charge in [-0.25, -0.2) is 13.2 Å². The number of carbonyl (C=O) groups is 1. The molecule has 0 aliphatic heterocycles. The van der Waals surface area contributed by atoms with Gasteiger partial charge in [0.05, 0.1) is 20.4 Å². The van der Waals surface area contributed by atoms with Crippen molar-refractivity contribution in [2.75, 3.05) is 0 Å². The van der Waals surface area contributed by atoms with Crippen LogP contribution in [-0.2, 0) is 9.84 Å². The number of pyridine rings is 1. The Morgan fingerprint density at radius 1 is 1.03 bits per heavy atom. The zero-order valence-corrected chi connectivity index (χ0v) is 15.6. The van der Waals surface area contributed by atoms with Gasteiger partial charge in [-0.05, 0) is 29.8 Å². The standard InChI is InChI=1S/C19H15N3O6S/c23-19(24)21-18(13-5-4-6-14(11-13)22(25)26)17-10-9-16(12-20-17)29(27,28)15-7-2-1-3-8-15/h1-12,18,21H,(H,23,24). The molecule has 1 atom stereocenters. The monoisotopic (exact) mass is 413 g/mol. The number of carboxylic acid groups (broad SMARTS) is 1. The summed E-state index contributed by atoms with van der Waals surface area (Å²) in [7, 11) is -3.78. The molecular formula is C19H15N3O6S. The predicted molar refractivity (Wildman–Crippen MR) is 102 cm³/mol. The molecule has 148 valence electrons. The first-order chi connectivity index (χ1) is 13.8. The van der Waals surface area contributed by atoms with Gasteiger partial charge in [0.2, 0.25) is 9.84 Å². The van der Waals surface area contributed by atoms with Crippen molar-refractivity contribution in [3.8, 4) is 0 Å². The Morgan fingerprint density at radius 2 is 1.76 bits per heavy atom. The van der Waals surface area contributed by atoms with E-state index in [0.717, 1.165) is 6.20 Å². The number of hydrogen-bond donors (Lipinski definition) is 2. The number of nitrogens with zero attached hydrogens (tertiary/aromatic N) is 2. The van der Waals surface area contributed by atoms with Gasteiger partial charge in [-0.15, -0.1) is 0 Å². The molecule has 0 spiro atoms. The molecule has 1 amide bonds. The van der Waals surface area contributed by atoms with Crippen LogP contribution in [0.5, 0.6) is 0 Å². The van der Waals surface area contributed by atoms with E-state index < -0.39 is 26.9 Å². The van der Waals surface area contributed by atoms with Crippen LogP contribution in [0.2, 0.25) is 0 Å². The summed E-state index contributed by atoms with van der Waals surface area (Å²) in [5, 5.41) is 22.4. The van der Waals surface area contributed by atoms with E-state index in [0.29, 0.717) is 5.56 Å². The third kappa shape index (κ3) is 4.38. The molecule has 1 aromatic heterocycles. The Balaban J connectivity index is 1.99. The van der Waals surface area contributed by atoms with E-state index in [1.807, 2.05) is 0 Å². The van der Waals surface area contributed by atoms with Crippen LogP contribution < -0.4 is 5.32 Å². The van der Waals surface area contributed by atoms with Gasteiger partial charge in [0.25, 0.3) is 5.69 Å². The van der Waals surface area contributed by atoms with E-state index >= 15 is 0 Å². The maximum Gasteiger partial charge on any atom is 0.405 e. The minimum Gasteiger partial charge on any atom is -0.465 e. The molecule has 9 nitrogen and oxygen atoms in total. The second-order valence-corrected chi connectivity index (χ2v) is 7.92. The van der Waals surface area contributed by atoms with Crippen molar-refractivity contribution in [3.05, 3.63) is 94.3 Å². The molecule has 3 rings (SSSR count). The number of rotatable bonds is 6. The highest BCUT2D eigenvalue weighted by Crippen LogP contribution is 2.26. The fourth-order valence-electron chi connectivity index (χ4n) is 2.73. The number of nitrogens with one attached hydrogen (secondary N) is 1. The van der Waals surface area contributed by atoms with E-state index in [4.69, 9.17) is 5.11 Å². The summed E-state index contributed by atoms with van der Waals surface area (Å²) in [5.74, 6) is 0. The molecule has 0 aliphatic rings. The molecule has 2 aromatic carbocycles. The lowest BCUT2D eigenvalue weighted by Gasteiger charge is -2.17. The smallest absolute Gasteiger partial charge is 0.405 e. The molecule has 0 bridgehead atoms. The molecule has 0 saturated carbocycles. The molecule has 29 heavy (non-hydrogen) atoms. The Hall–Kier alpha value is -3.79. The summed E-state index contributed by atoms with van der Waals surface area (Å²) >= 11 is 0. The number of amides is 1. The second kappa shape index (κ2) is 8.07. The average molecular weight is 413 g/mol. The third-order valence-electron chi connectivity index (χ3n) is 4.10. The number of nitro groups is 1. The molecule has 0 saturated heterocycles. The molecule has 0 fully saturated rings. The fraction of sp³-hybridized carbons (Fsp3) is 0.0526. The molecule has 10 heteroatoms. The van der Waals surface area contributed by atoms with Gasteiger partial charge in [-0.2, -0.15) is 0 Å². The fourth-order valence-corrected chi connectivity index (χ4v) is 3.95. The molecule has 1 unspecified atom stereocenters. The van der Waals surface area contributed by atoms with Crippen LogP contribution in [0, 0.1) is 10.1 Å². The lowest BCUT2D eigenvalue weighted by Crippen LogP contribution is -2.28. The van der Waals surface area contributed by atoms with Gasteiger partial charge in [0.15, 0.2) is 0 Å². The van der Waals surface area contributed by atoms with Crippen LogP contribution in [0.1, 0.15) is 17.3 Å². The van der Waals surface area contributed by atoms with Gasteiger partial charge in [-0.1, -0.05) is 30.3 Å². The predicted octanol–water partition coefficient (Wildman–Crippen LogP) is 3.18. The first-order valence-electron chi connectivity index (χ1n) is 8.29. The van der Waals surface area contributed by atoms with Crippen molar-refractivity contribution in [2.45, 2.75) is 15.8 Å².